The van der Waals surface area contributed by atoms with Crippen LogP contribution in [0, 0.1) is 35.5 Å². The van der Waals surface area contributed by atoms with E-state index in [1.54, 1.807) is 61.9 Å². The molecule has 0 spiro atoms. The van der Waals surface area contributed by atoms with Crippen molar-refractivity contribution in [3.63, 3.8) is 0 Å². The summed E-state index contributed by atoms with van der Waals surface area (Å²) in [5.74, 6) is -5.14. The van der Waals surface area contributed by atoms with Crippen LogP contribution in [-0.4, -0.2) is 248 Å². The summed E-state index contributed by atoms with van der Waals surface area (Å²) < 4.78 is 6.17. The molecule has 22 heteroatoms. The van der Waals surface area contributed by atoms with Gasteiger partial charge in [0.25, 0.3) is 0 Å². The van der Waals surface area contributed by atoms with E-state index in [9.17, 15) is 53.1 Å². The molecule has 2 aliphatic rings. The first-order chi connectivity index (χ1) is 42.2. The zero-order valence-electron chi connectivity index (χ0n) is 57.8. The van der Waals surface area contributed by atoms with Gasteiger partial charge in [-0.05, 0) is 110 Å². The number of ketones is 3. The van der Waals surface area contributed by atoms with Crippen LogP contribution in [0.4, 0.5) is 0 Å². The number of amides is 7. The summed E-state index contributed by atoms with van der Waals surface area (Å²) in [5.41, 5.74) is 0.259. The van der Waals surface area contributed by atoms with Gasteiger partial charge in [-0.15, -0.1) is 0 Å². The van der Waals surface area contributed by atoms with Crippen LogP contribution in [0.15, 0.2) is 30.3 Å². The van der Waals surface area contributed by atoms with Crippen LogP contribution in [0.3, 0.4) is 0 Å². The van der Waals surface area contributed by atoms with E-state index in [1.807, 2.05) is 92.6 Å². The number of Topliss-reactive ketones (excluding diaryl/α,β-unsaturated/α-hetero) is 3. The molecule has 1 aromatic carbocycles. The zero-order chi connectivity index (χ0) is 67.6. The summed E-state index contributed by atoms with van der Waals surface area (Å²) in [7, 11) is 9.92. The lowest BCUT2D eigenvalue weighted by Gasteiger charge is -2.36. The van der Waals surface area contributed by atoms with E-state index >= 15 is 0 Å². The Labute approximate surface area is 539 Å². The van der Waals surface area contributed by atoms with Gasteiger partial charge in [-0.25, -0.2) is 0 Å². The van der Waals surface area contributed by atoms with E-state index in [2.05, 4.69) is 16.0 Å². The van der Waals surface area contributed by atoms with E-state index in [4.69, 9.17) is 4.74 Å². The van der Waals surface area contributed by atoms with E-state index in [0.717, 1.165) is 24.8 Å². The highest BCUT2D eigenvalue weighted by Gasteiger charge is 2.38. The maximum atomic E-state index is 14.8. The normalized spacial score (nSPS) is 25.7. The van der Waals surface area contributed by atoms with Gasteiger partial charge in [-0.1, -0.05) is 78.3 Å². The van der Waals surface area contributed by atoms with Crippen molar-refractivity contribution >= 4 is 58.7 Å². The van der Waals surface area contributed by atoms with Gasteiger partial charge in [-0.3, -0.25) is 57.7 Å². The average Bonchev–Trinajstić information content (AvgIpc) is 1.03. The Morgan fingerprint density at radius 2 is 1.29 bits per heavy atom. The molecule has 1 unspecified atom stereocenters. The van der Waals surface area contributed by atoms with Crippen LogP contribution in [0.2, 0.25) is 0 Å². The lowest BCUT2D eigenvalue weighted by Crippen LogP contribution is -2.54. The van der Waals surface area contributed by atoms with Gasteiger partial charge in [0, 0.05) is 112 Å². The summed E-state index contributed by atoms with van der Waals surface area (Å²) in [6, 6.07) is 5.85. The molecule has 9 atom stereocenters. The first kappa shape index (κ1) is 78.6. The van der Waals surface area contributed by atoms with Crippen molar-refractivity contribution in [2.45, 2.75) is 189 Å². The molecule has 0 radical (unpaired) electrons. The van der Waals surface area contributed by atoms with Crippen LogP contribution in [-0.2, 0) is 59.1 Å². The van der Waals surface area contributed by atoms with Crippen LogP contribution in [0.5, 0.6) is 0 Å². The number of likely N-dealkylation sites (tertiary alicyclic amines) is 1. The predicted octanol–water partition coefficient (Wildman–Crippen LogP) is 4.48. The summed E-state index contributed by atoms with van der Waals surface area (Å²) in [6.45, 7) is 20.5. The van der Waals surface area contributed by atoms with Gasteiger partial charge in [0.15, 0.2) is 5.78 Å². The molecule has 1 aromatic rings. The molecular weight excluding hydrogens is 1150 g/mol. The Hall–Kier alpha value is -5.68. The first-order valence-corrected chi connectivity index (χ1v) is 33.1. The number of piperidine rings is 1. The Kier molecular flexibility index (Phi) is 34.0. The van der Waals surface area contributed by atoms with Gasteiger partial charge in [0.05, 0.1) is 68.3 Å². The largest absolute Gasteiger partial charge is 0.391 e. The molecular formula is C68H116N10O12. The van der Waals surface area contributed by atoms with Gasteiger partial charge in [0.1, 0.15) is 17.6 Å². The molecule has 22 nitrogen and oxygen atoms in total. The minimum absolute atomic E-state index is 0.00110. The second-order valence-corrected chi connectivity index (χ2v) is 27.8. The fraction of sp³-hybridized carbons (Fsp3) is 0.765. The van der Waals surface area contributed by atoms with Crippen LogP contribution < -0.4 is 16.0 Å². The molecule has 90 heavy (non-hydrogen) atoms. The van der Waals surface area contributed by atoms with Gasteiger partial charge in [-0.2, -0.15) is 0 Å². The third-order valence-electron chi connectivity index (χ3n) is 17.5. The predicted molar refractivity (Wildman–Crippen MR) is 350 cm³/mol. The summed E-state index contributed by atoms with van der Waals surface area (Å²) >= 11 is 0. The van der Waals surface area contributed by atoms with Crippen molar-refractivity contribution < 1.29 is 57.8 Å². The van der Waals surface area contributed by atoms with Gasteiger partial charge < -0.3 is 50.3 Å². The number of carbonyl (C=O) groups excluding carboxylic acids is 10. The smallest absolute Gasteiger partial charge is 0.245 e. The lowest BCUT2D eigenvalue weighted by atomic mass is 9.89. The van der Waals surface area contributed by atoms with Crippen LogP contribution in [0.25, 0.3) is 0 Å². The second kappa shape index (κ2) is 39.0. The second-order valence-electron chi connectivity index (χ2n) is 27.8. The molecule has 0 aliphatic carbocycles. The monoisotopic (exact) mass is 1260 g/mol. The third kappa shape index (κ3) is 28.0. The molecule has 2 aliphatic heterocycles. The fourth-order valence-electron chi connectivity index (χ4n) is 11.7. The molecule has 3 rings (SSSR count). The van der Waals surface area contributed by atoms with Crippen molar-refractivity contribution in [1.82, 2.24) is 50.2 Å². The minimum atomic E-state index is -1.20. The number of benzene rings is 1. The number of hydrogen-bond acceptors (Lipinski definition) is 15. The van der Waals surface area contributed by atoms with Crippen molar-refractivity contribution in [3.05, 3.63) is 35.9 Å². The Morgan fingerprint density at radius 3 is 1.89 bits per heavy atom. The fourth-order valence-corrected chi connectivity index (χ4v) is 11.7. The van der Waals surface area contributed by atoms with Crippen LogP contribution in [0.1, 0.15) is 152 Å². The maximum Gasteiger partial charge on any atom is 0.245 e. The van der Waals surface area contributed by atoms with E-state index in [1.165, 1.54) is 21.6 Å². The highest BCUT2D eigenvalue weighted by molar-refractivity contribution is 5.93. The number of ether oxygens (including phenoxy) is 1. The van der Waals surface area contributed by atoms with Gasteiger partial charge in [0.2, 0.25) is 41.4 Å². The number of carbonyl (C=O) groups is 10. The molecule has 2 saturated heterocycles. The van der Waals surface area contributed by atoms with Gasteiger partial charge >= 0.3 is 0 Å². The summed E-state index contributed by atoms with van der Waals surface area (Å²) in [6.07, 6.45) is 2.92. The number of rotatable bonds is 12. The Morgan fingerprint density at radius 1 is 0.678 bits per heavy atom. The molecule has 4 N–H and O–H groups in total. The maximum absolute atomic E-state index is 14.8. The standard InChI is InChI=1S/C68H116N10O12/c1-17-48(6)56-44-76(15)65(87)52(45-90-68(8,9)10)39-69-40-60(82)51(33-46(2)3)41-72(11)42-55(81)28-32-74(13)62(84)37-57(49(7)79)70-61(83)36-53(34-47(4)5)77(16)67(89)59(35-50-25-20-18-21-26-50)75(14)43-54(80)27-24-29-73(12)63(85)38-58(71-64(56)86)66(88)78-30-22-19-23-31-78/h18,20-21,25-26,46-49,51-53,56-59,69,79H,17,19,22-24,27-45H2,1-16H3,(H,70,83)(H,71,86)/t48-,49+,51+,52-,53?,56-,57+,58-,59-/m0/s1. The highest BCUT2D eigenvalue weighted by Crippen LogP contribution is 2.23. The third-order valence-corrected chi connectivity index (χ3v) is 17.5. The van der Waals surface area contributed by atoms with E-state index < -0.39 is 77.3 Å². The Balaban J connectivity index is 2.04. The van der Waals surface area contributed by atoms with Crippen molar-refractivity contribution in [2.75, 3.05) is 114 Å². The minimum Gasteiger partial charge on any atom is -0.391 e. The first-order valence-electron chi connectivity index (χ1n) is 33.1. The Bertz CT molecular complexity index is 2470. The van der Waals surface area contributed by atoms with Crippen molar-refractivity contribution in [3.8, 4) is 0 Å². The number of aliphatic hydroxyl groups is 1. The molecule has 0 aromatic heterocycles. The quantitative estimate of drug-likeness (QED) is 0.225. The number of likely N-dealkylation sites (N-methyl/N-ethyl adjacent to an activating group) is 3. The molecule has 510 valence electrons. The average molecular weight is 1270 g/mol. The SMILES string of the molecule is CC[C@H](C)[C@@H]1CN(C)C(=O)[C@H](COC(C)(C)C)CNCC(=O)[C@H](CC(C)C)CN(C)CC(=O)CCN(C)C(=O)C[C@H]([C@@H](C)O)NC(=O)CC(CC(C)C)N(C)C(=O)[C@H](Cc2ccccc2)N(C)CC(=O)CCCN(C)C(=O)C[C@@H](C(=O)N2CCCCC2)NC1=O. The molecule has 7 amide bonds. The summed E-state index contributed by atoms with van der Waals surface area (Å²) in [5, 5.41) is 19.9. The summed E-state index contributed by atoms with van der Waals surface area (Å²) in [4.78, 5) is 153. The van der Waals surface area contributed by atoms with E-state index in [-0.39, 0.29) is 157 Å². The van der Waals surface area contributed by atoms with Crippen LogP contribution >= 0.6 is 0 Å². The zero-order valence-corrected chi connectivity index (χ0v) is 57.8. The number of aliphatic hydroxyl groups excluding tert-OH is 1. The molecule has 2 heterocycles. The van der Waals surface area contributed by atoms with Crippen molar-refractivity contribution in [2.24, 2.45) is 35.5 Å². The lowest BCUT2D eigenvalue weighted by molar-refractivity contribution is -0.144. The topological polar surface area (TPSA) is 259 Å². The molecule has 0 bridgehead atoms. The molecule has 0 saturated carbocycles. The highest BCUT2D eigenvalue weighted by atomic mass is 16.5. The van der Waals surface area contributed by atoms with E-state index in [0.29, 0.717) is 32.4 Å². The van der Waals surface area contributed by atoms with Crippen molar-refractivity contribution in [1.29, 1.82) is 0 Å². The number of nitrogens with zero attached hydrogens (tertiary/aromatic N) is 7. The molecule has 2 fully saturated rings. The number of hydrogen-bond donors (Lipinski definition) is 4. The number of nitrogens with one attached hydrogen (secondary N) is 3.